The third-order valence-corrected chi connectivity index (χ3v) is 7.40. The fourth-order valence-corrected chi connectivity index (χ4v) is 5.55. The third-order valence-electron chi connectivity index (χ3n) is 7.40. The first-order chi connectivity index (χ1) is 15.1. The van der Waals surface area contributed by atoms with Gasteiger partial charge in [0.05, 0.1) is 19.8 Å². The van der Waals surface area contributed by atoms with Crippen molar-refractivity contribution in [2.24, 2.45) is 0 Å². The molecule has 6 heteroatoms. The largest absolute Gasteiger partial charge is 0.379 e. The fourth-order valence-electron chi connectivity index (χ4n) is 5.55. The second-order valence-corrected chi connectivity index (χ2v) is 9.70. The molecule has 1 aliphatic carbocycles. The van der Waals surface area contributed by atoms with Crippen molar-refractivity contribution in [3.63, 3.8) is 0 Å². The summed E-state index contributed by atoms with van der Waals surface area (Å²) in [6, 6.07) is 8.77. The molecule has 1 N–H and O–H groups in total. The van der Waals surface area contributed by atoms with Gasteiger partial charge in [0.2, 0.25) is 5.91 Å². The highest BCUT2D eigenvalue weighted by Crippen LogP contribution is 2.33. The molecule has 0 aromatic heterocycles. The number of nitrogens with one attached hydrogen (secondary N) is 1. The number of piperazine rings is 1. The van der Waals surface area contributed by atoms with Crippen molar-refractivity contribution in [1.82, 2.24) is 20.0 Å². The average Bonchev–Trinajstić information content (AvgIpc) is 2.80. The maximum Gasteiger partial charge on any atom is 0.234 e. The number of rotatable bonds is 7. The summed E-state index contributed by atoms with van der Waals surface area (Å²) in [5, 5.41) is 3.32. The van der Waals surface area contributed by atoms with E-state index in [1.54, 1.807) is 0 Å². The maximum atomic E-state index is 12.8. The molecule has 31 heavy (non-hydrogen) atoms. The van der Waals surface area contributed by atoms with Crippen molar-refractivity contribution in [2.45, 2.75) is 51.1 Å². The van der Waals surface area contributed by atoms with Crippen molar-refractivity contribution in [2.75, 3.05) is 65.6 Å². The van der Waals surface area contributed by atoms with E-state index < -0.39 is 0 Å². The van der Waals surface area contributed by atoms with Crippen molar-refractivity contribution in [3.8, 4) is 0 Å². The standard InChI is InChI=1S/C25H40N4O2/c1-22-6-5-7-23(18-22)19-27-10-12-28(13-11-27)20-24(30)26-21-25(8-3-2-4-9-25)29-14-16-31-17-15-29/h5-7,18H,2-4,8-17,19-21H2,1H3,(H,26,30). The van der Waals surface area contributed by atoms with E-state index in [9.17, 15) is 4.79 Å². The lowest BCUT2D eigenvalue weighted by molar-refractivity contribution is -0.124. The Morgan fingerprint density at radius 1 is 1.00 bits per heavy atom. The summed E-state index contributed by atoms with van der Waals surface area (Å²) in [6.45, 7) is 12.1. The summed E-state index contributed by atoms with van der Waals surface area (Å²) in [6.07, 6.45) is 6.27. The Balaban J connectivity index is 1.21. The molecular weight excluding hydrogens is 388 g/mol. The number of hydrogen-bond acceptors (Lipinski definition) is 5. The molecular formula is C25H40N4O2. The highest BCUT2D eigenvalue weighted by atomic mass is 16.5. The number of benzene rings is 1. The Hall–Kier alpha value is -1.47. The molecule has 2 saturated heterocycles. The minimum Gasteiger partial charge on any atom is -0.379 e. The predicted octanol–water partition coefficient (Wildman–Crippen LogP) is 2.26. The monoisotopic (exact) mass is 428 g/mol. The van der Waals surface area contributed by atoms with Gasteiger partial charge in [-0.15, -0.1) is 0 Å². The Morgan fingerprint density at radius 3 is 2.42 bits per heavy atom. The SMILES string of the molecule is Cc1cccc(CN2CCN(CC(=O)NCC3(N4CCOCC4)CCCCC3)CC2)c1. The summed E-state index contributed by atoms with van der Waals surface area (Å²) < 4.78 is 5.57. The number of aryl methyl sites for hydroxylation is 1. The van der Waals surface area contributed by atoms with Crippen LogP contribution in [0.2, 0.25) is 0 Å². The lowest BCUT2D eigenvalue weighted by Gasteiger charge is -2.48. The van der Waals surface area contributed by atoms with Gasteiger partial charge >= 0.3 is 0 Å². The number of carbonyl (C=O) groups excluding carboxylic acids is 1. The van der Waals surface area contributed by atoms with Gasteiger partial charge in [0, 0.05) is 57.9 Å². The summed E-state index contributed by atoms with van der Waals surface area (Å²) in [5.74, 6) is 0.186. The lowest BCUT2D eigenvalue weighted by atomic mass is 9.79. The highest BCUT2D eigenvalue weighted by Gasteiger charge is 2.38. The number of carbonyl (C=O) groups is 1. The number of ether oxygens (including phenoxy) is 1. The molecule has 1 aromatic carbocycles. The van der Waals surface area contributed by atoms with Gasteiger partial charge in [-0.05, 0) is 25.3 Å². The van der Waals surface area contributed by atoms with Crippen LogP contribution in [0.5, 0.6) is 0 Å². The van der Waals surface area contributed by atoms with E-state index in [-0.39, 0.29) is 11.4 Å². The fraction of sp³-hybridized carbons (Fsp3) is 0.720. The summed E-state index contributed by atoms with van der Waals surface area (Å²) >= 11 is 0. The first kappa shape index (κ1) is 22.7. The molecule has 0 unspecified atom stereocenters. The van der Waals surface area contributed by atoms with Crippen molar-refractivity contribution >= 4 is 5.91 Å². The Kier molecular flexibility index (Phi) is 7.99. The van der Waals surface area contributed by atoms with E-state index in [2.05, 4.69) is 51.2 Å². The van der Waals surface area contributed by atoms with Crippen molar-refractivity contribution < 1.29 is 9.53 Å². The molecule has 6 nitrogen and oxygen atoms in total. The van der Waals surface area contributed by atoms with Gasteiger partial charge in [-0.3, -0.25) is 19.5 Å². The molecule has 1 aromatic rings. The van der Waals surface area contributed by atoms with Crippen LogP contribution in [0, 0.1) is 6.92 Å². The molecule has 1 amide bonds. The number of nitrogens with zero attached hydrogens (tertiary/aromatic N) is 3. The van der Waals surface area contributed by atoms with Gasteiger partial charge in [0.15, 0.2) is 0 Å². The second kappa shape index (κ2) is 10.9. The minimum absolute atomic E-state index is 0.143. The summed E-state index contributed by atoms with van der Waals surface area (Å²) in [5.41, 5.74) is 2.84. The normalized spacial score (nSPS) is 23.5. The van der Waals surface area contributed by atoms with Gasteiger partial charge < -0.3 is 10.1 Å². The van der Waals surface area contributed by atoms with Crippen LogP contribution in [0.3, 0.4) is 0 Å². The van der Waals surface area contributed by atoms with Crippen LogP contribution >= 0.6 is 0 Å². The highest BCUT2D eigenvalue weighted by molar-refractivity contribution is 5.78. The molecule has 4 rings (SSSR count). The molecule has 3 fully saturated rings. The molecule has 3 aliphatic rings. The van der Waals surface area contributed by atoms with Gasteiger partial charge in [-0.25, -0.2) is 0 Å². The van der Waals surface area contributed by atoms with Crippen LogP contribution < -0.4 is 5.32 Å². The van der Waals surface area contributed by atoms with E-state index in [4.69, 9.17) is 4.74 Å². The van der Waals surface area contributed by atoms with E-state index in [1.807, 2.05) is 0 Å². The maximum absolute atomic E-state index is 12.8. The summed E-state index contributed by atoms with van der Waals surface area (Å²) in [4.78, 5) is 20.2. The quantitative estimate of drug-likeness (QED) is 0.722. The summed E-state index contributed by atoms with van der Waals surface area (Å²) in [7, 11) is 0. The Bertz CT molecular complexity index is 705. The van der Waals surface area contributed by atoms with E-state index >= 15 is 0 Å². The lowest BCUT2D eigenvalue weighted by Crippen LogP contribution is -2.60. The average molecular weight is 429 g/mol. The third kappa shape index (κ3) is 6.28. The molecule has 2 aliphatic heterocycles. The number of morpholine rings is 1. The number of amides is 1. The van der Waals surface area contributed by atoms with E-state index in [1.165, 1.54) is 43.2 Å². The zero-order chi connectivity index (χ0) is 21.5. The molecule has 0 bridgehead atoms. The first-order valence-electron chi connectivity index (χ1n) is 12.2. The Labute approximate surface area is 187 Å². The van der Waals surface area contributed by atoms with Crippen LogP contribution in [0.15, 0.2) is 24.3 Å². The molecule has 2 heterocycles. The van der Waals surface area contributed by atoms with Gasteiger partial charge in [-0.1, -0.05) is 49.1 Å². The topological polar surface area (TPSA) is 48.0 Å². The first-order valence-corrected chi connectivity index (χ1v) is 12.2. The van der Waals surface area contributed by atoms with Crippen LogP contribution in [0.25, 0.3) is 0 Å². The van der Waals surface area contributed by atoms with Crippen molar-refractivity contribution in [3.05, 3.63) is 35.4 Å². The molecule has 0 spiro atoms. The molecule has 0 radical (unpaired) electrons. The molecule has 172 valence electrons. The van der Waals surface area contributed by atoms with Crippen molar-refractivity contribution in [1.29, 1.82) is 0 Å². The van der Waals surface area contributed by atoms with Crippen LogP contribution in [-0.2, 0) is 16.1 Å². The van der Waals surface area contributed by atoms with Gasteiger partial charge in [0.25, 0.3) is 0 Å². The molecule has 0 atom stereocenters. The molecule has 1 saturated carbocycles. The van der Waals surface area contributed by atoms with Gasteiger partial charge in [0.1, 0.15) is 0 Å². The van der Waals surface area contributed by atoms with Gasteiger partial charge in [-0.2, -0.15) is 0 Å². The smallest absolute Gasteiger partial charge is 0.234 e. The van der Waals surface area contributed by atoms with Crippen LogP contribution in [0.1, 0.15) is 43.2 Å². The Morgan fingerprint density at radius 2 is 1.71 bits per heavy atom. The van der Waals surface area contributed by atoms with Crippen LogP contribution in [0.4, 0.5) is 0 Å². The predicted molar refractivity (Wildman–Crippen MR) is 124 cm³/mol. The zero-order valence-corrected chi connectivity index (χ0v) is 19.3. The van der Waals surface area contributed by atoms with E-state index in [0.29, 0.717) is 6.54 Å². The number of hydrogen-bond donors (Lipinski definition) is 1. The van der Waals surface area contributed by atoms with Crippen LogP contribution in [-0.4, -0.2) is 91.7 Å². The second-order valence-electron chi connectivity index (χ2n) is 9.70. The van der Waals surface area contributed by atoms with E-state index in [0.717, 1.165) is 65.6 Å². The minimum atomic E-state index is 0.143. The zero-order valence-electron chi connectivity index (χ0n) is 19.3.